The van der Waals surface area contributed by atoms with E-state index in [1.807, 2.05) is 30.3 Å². The molecule has 0 saturated heterocycles. The number of para-hydroxylation sites is 2. The molecule has 1 aliphatic carbocycles. The van der Waals surface area contributed by atoms with Gasteiger partial charge in [-0.2, -0.15) is 4.98 Å². The lowest BCUT2D eigenvalue weighted by Crippen LogP contribution is -2.26. The zero-order valence-electron chi connectivity index (χ0n) is 19.4. The van der Waals surface area contributed by atoms with Crippen LogP contribution >= 0.6 is 11.8 Å². The van der Waals surface area contributed by atoms with E-state index in [2.05, 4.69) is 18.7 Å². The fraction of sp³-hybridized carbons (Fsp3) is 0.538. The zero-order valence-corrected chi connectivity index (χ0v) is 20.2. The minimum absolute atomic E-state index is 0.271. The molecule has 0 saturated carbocycles. The van der Waals surface area contributed by atoms with Gasteiger partial charge in [-0.25, -0.2) is 4.79 Å². The average molecular weight is 457 g/mol. The first-order valence-electron chi connectivity index (χ1n) is 12.0. The van der Waals surface area contributed by atoms with E-state index in [1.165, 1.54) is 32.1 Å². The highest BCUT2D eigenvalue weighted by molar-refractivity contribution is 8.03. The fourth-order valence-electron chi connectivity index (χ4n) is 4.06. The Labute approximate surface area is 196 Å². The van der Waals surface area contributed by atoms with E-state index >= 15 is 0 Å². The topological polar surface area (TPSA) is 66.6 Å². The molecular formula is C26H36N2O3S. The molecule has 0 fully saturated rings. The van der Waals surface area contributed by atoms with Crippen LogP contribution in [-0.2, 0) is 4.79 Å². The Hall–Kier alpha value is -2.21. The number of aliphatic carboxylic acids is 1. The van der Waals surface area contributed by atoms with E-state index in [9.17, 15) is 9.90 Å². The molecule has 1 atom stereocenters. The monoisotopic (exact) mass is 456 g/mol. The van der Waals surface area contributed by atoms with Crippen LogP contribution in [-0.4, -0.2) is 34.9 Å². The van der Waals surface area contributed by atoms with E-state index in [-0.39, 0.29) is 5.92 Å². The molecule has 1 aliphatic rings. The van der Waals surface area contributed by atoms with Crippen molar-refractivity contribution in [2.75, 3.05) is 23.7 Å². The summed E-state index contributed by atoms with van der Waals surface area (Å²) in [6, 6.07) is 8.60. The van der Waals surface area contributed by atoms with E-state index in [1.54, 1.807) is 17.8 Å². The molecule has 2 aromatic rings. The average Bonchev–Trinajstić information content (AvgIpc) is 3.22. The van der Waals surface area contributed by atoms with Crippen molar-refractivity contribution in [1.29, 1.82) is 0 Å². The highest BCUT2D eigenvalue weighted by atomic mass is 32.2. The Balaban J connectivity index is 1.58. The van der Waals surface area contributed by atoms with Crippen LogP contribution in [0.4, 0.5) is 6.01 Å². The molecule has 1 unspecified atom stereocenters. The molecule has 1 N–H and O–H groups in total. The SMILES string of the molecule is CCCCCCCCN(CCCSC1=C(C(=O)O)C=CCC1C)c1nc2ccccc2o1. The van der Waals surface area contributed by atoms with Gasteiger partial charge >= 0.3 is 5.97 Å². The molecule has 1 aromatic carbocycles. The standard InChI is InChI=1S/C26H36N2O3S/c1-3-4-5-6-7-10-17-28(26-27-22-15-8-9-16-23(22)31-26)18-12-19-32-24-20(2)13-11-14-21(24)25(29)30/h8-9,11,14-16,20H,3-7,10,12-13,17-19H2,1-2H3,(H,29,30). The van der Waals surface area contributed by atoms with Crippen molar-refractivity contribution in [2.45, 2.75) is 65.2 Å². The summed E-state index contributed by atoms with van der Waals surface area (Å²) in [6.07, 6.45) is 13.1. The maximum Gasteiger partial charge on any atom is 0.336 e. The van der Waals surface area contributed by atoms with Crippen molar-refractivity contribution in [3.8, 4) is 0 Å². The van der Waals surface area contributed by atoms with Crippen molar-refractivity contribution < 1.29 is 14.3 Å². The van der Waals surface area contributed by atoms with Gasteiger partial charge in [-0.1, -0.05) is 70.2 Å². The minimum atomic E-state index is -0.827. The van der Waals surface area contributed by atoms with Crippen LogP contribution in [0.15, 0.2) is 51.3 Å². The molecule has 0 radical (unpaired) electrons. The lowest BCUT2D eigenvalue weighted by molar-refractivity contribution is -0.132. The number of hydrogen-bond donors (Lipinski definition) is 1. The van der Waals surface area contributed by atoms with Gasteiger partial charge in [-0.05, 0) is 43.1 Å². The number of allylic oxidation sites excluding steroid dienone is 2. The largest absolute Gasteiger partial charge is 0.478 e. The summed E-state index contributed by atoms with van der Waals surface area (Å²) in [4.78, 5) is 19.6. The number of carboxylic acid groups (broad SMARTS) is 1. The molecule has 174 valence electrons. The number of thioether (sulfide) groups is 1. The van der Waals surface area contributed by atoms with Gasteiger partial charge in [0.05, 0.1) is 5.57 Å². The van der Waals surface area contributed by atoms with Crippen LogP contribution in [0.5, 0.6) is 0 Å². The number of carboxylic acids is 1. The summed E-state index contributed by atoms with van der Waals surface area (Å²) < 4.78 is 6.05. The Kier molecular flexibility index (Phi) is 9.72. The molecule has 32 heavy (non-hydrogen) atoms. The number of fused-ring (bicyclic) bond motifs is 1. The lowest BCUT2D eigenvalue weighted by atomic mass is 9.98. The Morgan fingerprint density at radius 3 is 2.69 bits per heavy atom. The van der Waals surface area contributed by atoms with Gasteiger partial charge in [0.25, 0.3) is 6.01 Å². The molecule has 1 heterocycles. The first-order chi connectivity index (χ1) is 15.6. The molecule has 0 spiro atoms. The first kappa shape index (κ1) is 24.4. The molecule has 1 aromatic heterocycles. The van der Waals surface area contributed by atoms with E-state index in [4.69, 9.17) is 9.40 Å². The number of carbonyl (C=O) groups is 1. The van der Waals surface area contributed by atoms with Crippen LogP contribution in [0.25, 0.3) is 11.1 Å². The third-order valence-corrected chi connectivity index (χ3v) is 7.31. The van der Waals surface area contributed by atoms with Crippen LogP contribution in [0.1, 0.15) is 65.2 Å². The number of unbranched alkanes of at least 4 members (excludes halogenated alkanes) is 5. The number of rotatable bonds is 14. The van der Waals surface area contributed by atoms with Crippen LogP contribution in [0, 0.1) is 5.92 Å². The Morgan fingerprint density at radius 1 is 1.16 bits per heavy atom. The third-order valence-electron chi connectivity index (χ3n) is 5.88. The summed E-state index contributed by atoms with van der Waals surface area (Å²) in [7, 11) is 0. The predicted molar refractivity (Wildman–Crippen MR) is 134 cm³/mol. The van der Waals surface area contributed by atoms with Crippen LogP contribution in [0.3, 0.4) is 0 Å². The molecule has 0 bridgehead atoms. The summed E-state index contributed by atoms with van der Waals surface area (Å²) in [5.41, 5.74) is 2.17. The Bertz CT molecular complexity index is 901. The first-order valence-corrected chi connectivity index (χ1v) is 13.0. The molecule has 5 nitrogen and oxygen atoms in total. The summed E-state index contributed by atoms with van der Waals surface area (Å²) in [5.74, 6) is 0.330. The Morgan fingerprint density at radius 2 is 1.91 bits per heavy atom. The van der Waals surface area contributed by atoms with Crippen LogP contribution < -0.4 is 4.90 Å². The summed E-state index contributed by atoms with van der Waals surface area (Å²) in [5, 5.41) is 9.51. The number of hydrogen-bond acceptors (Lipinski definition) is 5. The minimum Gasteiger partial charge on any atom is -0.478 e. The van der Waals surface area contributed by atoms with Crippen molar-refractivity contribution >= 4 is 34.8 Å². The number of oxazole rings is 1. The van der Waals surface area contributed by atoms with E-state index < -0.39 is 5.97 Å². The quantitative estimate of drug-likeness (QED) is 0.307. The second-order valence-corrected chi connectivity index (χ2v) is 9.68. The highest BCUT2D eigenvalue weighted by Gasteiger charge is 2.21. The van der Waals surface area contributed by atoms with Gasteiger partial charge in [0.1, 0.15) is 5.52 Å². The lowest BCUT2D eigenvalue weighted by Gasteiger charge is -2.22. The number of anilines is 1. The predicted octanol–water partition coefficient (Wildman–Crippen LogP) is 7.05. The molecule has 3 rings (SSSR count). The highest BCUT2D eigenvalue weighted by Crippen LogP contribution is 2.34. The van der Waals surface area contributed by atoms with E-state index in [0.29, 0.717) is 11.6 Å². The maximum atomic E-state index is 11.6. The number of benzene rings is 1. The van der Waals surface area contributed by atoms with E-state index in [0.717, 1.165) is 54.1 Å². The van der Waals surface area contributed by atoms with Gasteiger partial charge in [0, 0.05) is 18.0 Å². The van der Waals surface area contributed by atoms with Crippen molar-refractivity contribution in [1.82, 2.24) is 4.98 Å². The van der Waals surface area contributed by atoms with Gasteiger partial charge in [-0.15, -0.1) is 11.8 Å². The second kappa shape index (κ2) is 12.7. The smallest absolute Gasteiger partial charge is 0.336 e. The molecular weight excluding hydrogens is 420 g/mol. The molecule has 0 amide bonds. The van der Waals surface area contributed by atoms with Crippen molar-refractivity contribution in [2.24, 2.45) is 5.92 Å². The van der Waals surface area contributed by atoms with Crippen molar-refractivity contribution in [3.63, 3.8) is 0 Å². The van der Waals surface area contributed by atoms with Gasteiger partial charge < -0.3 is 14.4 Å². The third kappa shape index (κ3) is 6.89. The molecule has 0 aliphatic heterocycles. The van der Waals surface area contributed by atoms with Gasteiger partial charge in [-0.3, -0.25) is 0 Å². The zero-order chi connectivity index (χ0) is 22.8. The van der Waals surface area contributed by atoms with Gasteiger partial charge in [0.2, 0.25) is 0 Å². The number of nitrogens with zero attached hydrogens (tertiary/aromatic N) is 2. The van der Waals surface area contributed by atoms with Crippen molar-refractivity contribution in [3.05, 3.63) is 46.9 Å². The second-order valence-electron chi connectivity index (χ2n) is 8.54. The number of aromatic nitrogens is 1. The summed E-state index contributed by atoms with van der Waals surface area (Å²) >= 11 is 1.69. The molecule has 6 heteroatoms. The van der Waals surface area contributed by atoms with Crippen LogP contribution in [0.2, 0.25) is 0 Å². The fourth-order valence-corrected chi connectivity index (χ4v) is 5.25. The van der Waals surface area contributed by atoms with Gasteiger partial charge in [0.15, 0.2) is 5.58 Å². The maximum absolute atomic E-state index is 11.6. The summed E-state index contributed by atoms with van der Waals surface area (Å²) in [6.45, 7) is 6.14. The normalized spacial score (nSPS) is 16.1.